The number of amides is 1. The van der Waals surface area contributed by atoms with Crippen LogP contribution in [-0.2, 0) is 10.0 Å². The molecule has 0 unspecified atom stereocenters. The molecule has 29 heavy (non-hydrogen) atoms. The predicted molar refractivity (Wildman–Crippen MR) is 103 cm³/mol. The maximum atomic E-state index is 14.4. The van der Waals surface area contributed by atoms with Crippen molar-refractivity contribution in [3.8, 4) is 11.1 Å². The molecule has 10 heteroatoms. The van der Waals surface area contributed by atoms with E-state index in [1.807, 2.05) is 10.3 Å². The van der Waals surface area contributed by atoms with Crippen LogP contribution in [0.2, 0.25) is 5.02 Å². The molecule has 1 aliphatic rings. The van der Waals surface area contributed by atoms with Crippen molar-refractivity contribution in [1.29, 1.82) is 0 Å². The van der Waals surface area contributed by atoms with Crippen molar-refractivity contribution >= 4 is 27.5 Å². The van der Waals surface area contributed by atoms with Gasteiger partial charge in [0, 0.05) is 6.07 Å². The summed E-state index contributed by atoms with van der Waals surface area (Å²) in [5.74, 6) is -3.87. The van der Waals surface area contributed by atoms with E-state index in [1.54, 1.807) is 0 Å². The average Bonchev–Trinajstić information content (AvgIpc) is 2.68. The molecule has 1 aliphatic carbocycles. The Balaban J connectivity index is 1.84. The highest BCUT2D eigenvalue weighted by Gasteiger charge is 2.28. The molecule has 5 nitrogen and oxygen atoms in total. The van der Waals surface area contributed by atoms with Crippen molar-refractivity contribution in [3.63, 3.8) is 0 Å². The van der Waals surface area contributed by atoms with E-state index >= 15 is 0 Å². The summed E-state index contributed by atoms with van der Waals surface area (Å²) in [6.07, 6.45) is 3.46. The third-order valence-electron chi connectivity index (χ3n) is 4.77. The first-order chi connectivity index (χ1) is 13.7. The quantitative estimate of drug-likeness (QED) is 0.671. The van der Waals surface area contributed by atoms with Gasteiger partial charge >= 0.3 is 0 Å². The number of nitrogens with one attached hydrogen (secondary N) is 2. The molecular weight excluding hydrogens is 429 g/mol. The van der Waals surface area contributed by atoms with Gasteiger partial charge < -0.3 is 0 Å². The Kier molecular flexibility index (Phi) is 6.50. The first-order valence-corrected chi connectivity index (χ1v) is 10.9. The van der Waals surface area contributed by atoms with Crippen molar-refractivity contribution in [2.75, 3.05) is 0 Å². The Hall–Kier alpha value is -2.10. The topological polar surface area (TPSA) is 75.3 Å². The Labute approximate surface area is 171 Å². The van der Waals surface area contributed by atoms with E-state index in [0.717, 1.165) is 43.5 Å². The summed E-state index contributed by atoms with van der Waals surface area (Å²) in [5.41, 5.74) is 1.55. The molecule has 0 atom stereocenters. The Morgan fingerprint density at radius 2 is 1.52 bits per heavy atom. The van der Waals surface area contributed by atoms with Crippen LogP contribution >= 0.6 is 11.6 Å². The number of hydrogen-bond donors (Lipinski definition) is 2. The third kappa shape index (κ3) is 5.09. The molecule has 1 fully saturated rings. The summed E-state index contributed by atoms with van der Waals surface area (Å²) in [6, 6.07) is 4.83. The number of benzene rings is 2. The standard InChI is InChI=1S/C19H18ClF3N2O3S/c20-17-9-12(11-6-13(21)10-14(22)7-11)8-16(18(17)23)19(26)24-25-29(27,28)15-4-2-1-3-5-15/h6-10,15,25H,1-5H2,(H,24,26). The van der Waals surface area contributed by atoms with E-state index in [4.69, 9.17) is 11.6 Å². The van der Waals surface area contributed by atoms with Crippen LogP contribution in [0, 0.1) is 17.5 Å². The van der Waals surface area contributed by atoms with Gasteiger partial charge in [-0.15, -0.1) is 4.83 Å². The molecule has 0 aromatic heterocycles. The Morgan fingerprint density at radius 3 is 2.14 bits per heavy atom. The minimum absolute atomic E-state index is 0.0428. The number of rotatable bonds is 5. The highest BCUT2D eigenvalue weighted by Crippen LogP contribution is 2.29. The largest absolute Gasteiger partial charge is 0.274 e. The smallest absolute Gasteiger partial charge is 0.269 e. The van der Waals surface area contributed by atoms with Gasteiger partial charge in [0.05, 0.1) is 15.8 Å². The van der Waals surface area contributed by atoms with Gasteiger partial charge in [0.1, 0.15) is 11.6 Å². The summed E-state index contributed by atoms with van der Waals surface area (Å²) in [7, 11) is -3.82. The average molecular weight is 447 g/mol. The molecule has 0 spiro atoms. The number of sulfonamides is 1. The summed E-state index contributed by atoms with van der Waals surface area (Å²) in [6.45, 7) is 0. The molecule has 0 aliphatic heterocycles. The second-order valence-corrected chi connectivity index (χ2v) is 9.21. The maximum Gasteiger partial charge on any atom is 0.269 e. The number of carbonyl (C=O) groups excluding carboxylic acids is 1. The van der Waals surface area contributed by atoms with Gasteiger partial charge in [-0.1, -0.05) is 30.9 Å². The minimum Gasteiger partial charge on any atom is -0.274 e. The third-order valence-corrected chi connectivity index (χ3v) is 6.78. The van der Waals surface area contributed by atoms with Crippen molar-refractivity contribution in [2.45, 2.75) is 37.4 Å². The lowest BCUT2D eigenvalue weighted by Gasteiger charge is -2.22. The van der Waals surface area contributed by atoms with Crippen molar-refractivity contribution in [3.05, 3.63) is 58.4 Å². The van der Waals surface area contributed by atoms with E-state index in [0.29, 0.717) is 18.9 Å². The minimum atomic E-state index is -3.82. The SMILES string of the molecule is O=C(NNS(=O)(=O)C1CCCCC1)c1cc(-c2cc(F)cc(F)c2)cc(Cl)c1F. The van der Waals surface area contributed by atoms with E-state index in [2.05, 4.69) is 0 Å². The molecule has 2 N–H and O–H groups in total. The summed E-state index contributed by atoms with van der Waals surface area (Å²) >= 11 is 5.82. The van der Waals surface area contributed by atoms with Crippen LogP contribution in [0.5, 0.6) is 0 Å². The molecule has 1 amide bonds. The number of hydrazine groups is 1. The van der Waals surface area contributed by atoms with Crippen LogP contribution in [-0.4, -0.2) is 19.6 Å². The molecule has 0 heterocycles. The molecule has 3 rings (SSSR count). The van der Waals surface area contributed by atoms with E-state index < -0.39 is 49.2 Å². The second-order valence-electron chi connectivity index (χ2n) is 6.84. The molecule has 0 saturated heterocycles. The van der Waals surface area contributed by atoms with Gasteiger partial charge in [-0.2, -0.15) is 0 Å². The van der Waals surface area contributed by atoms with Gasteiger partial charge in [-0.05, 0) is 48.2 Å². The monoisotopic (exact) mass is 446 g/mol. The molecular formula is C19H18ClF3N2O3S. The van der Waals surface area contributed by atoms with Crippen molar-refractivity contribution < 1.29 is 26.4 Å². The van der Waals surface area contributed by atoms with E-state index in [1.165, 1.54) is 0 Å². The zero-order chi connectivity index (χ0) is 21.2. The number of carbonyl (C=O) groups is 1. The fourth-order valence-corrected chi connectivity index (χ4v) is 4.86. The van der Waals surface area contributed by atoms with Crippen LogP contribution in [0.25, 0.3) is 11.1 Å². The van der Waals surface area contributed by atoms with E-state index in [-0.39, 0.29) is 11.1 Å². The molecule has 156 valence electrons. The molecule has 0 bridgehead atoms. The van der Waals surface area contributed by atoms with Gasteiger partial charge in [0.25, 0.3) is 5.91 Å². The van der Waals surface area contributed by atoms with Gasteiger partial charge in [0.2, 0.25) is 10.0 Å². The first-order valence-electron chi connectivity index (χ1n) is 8.94. The fraction of sp³-hybridized carbons (Fsp3) is 0.316. The zero-order valence-electron chi connectivity index (χ0n) is 15.1. The fourth-order valence-electron chi connectivity index (χ4n) is 3.29. The van der Waals surface area contributed by atoms with Crippen LogP contribution in [0.15, 0.2) is 30.3 Å². The van der Waals surface area contributed by atoms with Gasteiger partial charge in [-0.3, -0.25) is 10.2 Å². The van der Waals surface area contributed by atoms with Crippen LogP contribution in [0.4, 0.5) is 13.2 Å². The maximum absolute atomic E-state index is 14.4. The number of halogens is 4. The lowest BCUT2D eigenvalue weighted by atomic mass is 10.0. The molecule has 2 aromatic carbocycles. The second kappa shape index (κ2) is 8.73. The molecule has 2 aromatic rings. The highest BCUT2D eigenvalue weighted by atomic mass is 35.5. The predicted octanol–water partition coefficient (Wildman–Crippen LogP) is 4.32. The van der Waals surface area contributed by atoms with E-state index in [9.17, 15) is 26.4 Å². The van der Waals surface area contributed by atoms with Crippen molar-refractivity contribution in [2.24, 2.45) is 0 Å². The highest BCUT2D eigenvalue weighted by molar-refractivity contribution is 7.90. The summed E-state index contributed by atoms with van der Waals surface area (Å²) in [5, 5.41) is -1.08. The van der Waals surface area contributed by atoms with Crippen LogP contribution < -0.4 is 10.3 Å². The molecule has 1 saturated carbocycles. The summed E-state index contributed by atoms with van der Waals surface area (Å²) in [4.78, 5) is 14.4. The van der Waals surface area contributed by atoms with Gasteiger partial charge in [0.15, 0.2) is 5.82 Å². The first kappa shape index (κ1) is 21.6. The molecule has 0 radical (unpaired) electrons. The van der Waals surface area contributed by atoms with Gasteiger partial charge in [-0.25, -0.2) is 21.6 Å². The lowest BCUT2D eigenvalue weighted by Crippen LogP contribution is -2.46. The van der Waals surface area contributed by atoms with Crippen LogP contribution in [0.3, 0.4) is 0 Å². The normalized spacial score (nSPS) is 15.3. The van der Waals surface area contributed by atoms with Crippen molar-refractivity contribution in [1.82, 2.24) is 10.3 Å². The van der Waals surface area contributed by atoms with Crippen LogP contribution in [0.1, 0.15) is 42.5 Å². The lowest BCUT2D eigenvalue weighted by molar-refractivity contribution is 0.0941. The Bertz CT molecular complexity index is 1020. The number of hydrogen-bond acceptors (Lipinski definition) is 3. The Morgan fingerprint density at radius 1 is 0.931 bits per heavy atom. The summed E-state index contributed by atoms with van der Waals surface area (Å²) < 4.78 is 65.9. The zero-order valence-corrected chi connectivity index (χ0v) is 16.7.